The van der Waals surface area contributed by atoms with Gasteiger partial charge in [0.05, 0.1) is 4.90 Å². The number of sulfonamides is 1. The lowest BCUT2D eigenvalue weighted by atomic mass is 10.2. The first-order valence-corrected chi connectivity index (χ1v) is 11.5. The highest BCUT2D eigenvalue weighted by molar-refractivity contribution is 7.89. The van der Waals surface area contributed by atoms with Gasteiger partial charge < -0.3 is 9.80 Å². The third-order valence-electron chi connectivity index (χ3n) is 5.10. The molecule has 1 saturated heterocycles. The number of benzene rings is 2. The number of piperazine rings is 1. The molecule has 0 unspecified atom stereocenters. The average molecular weight is 438 g/mol. The Kier molecular flexibility index (Phi) is 6.24. The maximum atomic E-state index is 13.0. The van der Waals surface area contributed by atoms with Gasteiger partial charge in [0.2, 0.25) is 16.0 Å². The molecule has 1 aliphatic rings. The summed E-state index contributed by atoms with van der Waals surface area (Å²) in [6, 6.07) is 17.2. The van der Waals surface area contributed by atoms with Crippen LogP contribution in [-0.4, -0.2) is 55.4 Å². The monoisotopic (exact) mass is 437 g/mol. The number of anilines is 1. The summed E-state index contributed by atoms with van der Waals surface area (Å²) in [7, 11) is -3.74. The SMILES string of the molecule is O=C(c1cccc(S(=O)(=O)NCc2ccccc2)c1)N1CCN(c2ncccn2)CC1. The molecule has 2 aromatic carbocycles. The second-order valence-corrected chi connectivity index (χ2v) is 8.93. The van der Waals surface area contributed by atoms with E-state index in [0.29, 0.717) is 37.7 Å². The maximum absolute atomic E-state index is 13.0. The summed E-state index contributed by atoms with van der Waals surface area (Å²) >= 11 is 0. The van der Waals surface area contributed by atoms with E-state index in [1.807, 2.05) is 35.2 Å². The molecule has 1 aromatic heterocycles. The minimum Gasteiger partial charge on any atom is -0.337 e. The first-order chi connectivity index (χ1) is 15.0. The van der Waals surface area contributed by atoms with Gasteiger partial charge in [-0.05, 0) is 29.8 Å². The van der Waals surface area contributed by atoms with Gasteiger partial charge in [-0.15, -0.1) is 0 Å². The van der Waals surface area contributed by atoms with E-state index in [9.17, 15) is 13.2 Å². The van der Waals surface area contributed by atoms with Crippen molar-refractivity contribution < 1.29 is 13.2 Å². The van der Waals surface area contributed by atoms with E-state index in [0.717, 1.165) is 5.56 Å². The molecule has 0 bridgehead atoms. The number of carbonyl (C=O) groups is 1. The number of carbonyl (C=O) groups excluding carboxylic acids is 1. The highest BCUT2D eigenvalue weighted by Crippen LogP contribution is 2.16. The fraction of sp³-hybridized carbons (Fsp3) is 0.227. The second kappa shape index (κ2) is 9.23. The highest BCUT2D eigenvalue weighted by atomic mass is 32.2. The van der Waals surface area contributed by atoms with Crippen LogP contribution in [0.3, 0.4) is 0 Å². The summed E-state index contributed by atoms with van der Waals surface area (Å²) in [6.07, 6.45) is 3.38. The summed E-state index contributed by atoms with van der Waals surface area (Å²) < 4.78 is 28.0. The molecule has 0 aliphatic carbocycles. The van der Waals surface area contributed by atoms with Crippen LogP contribution in [0.15, 0.2) is 78.0 Å². The Hall–Kier alpha value is -3.30. The van der Waals surface area contributed by atoms with Gasteiger partial charge in [0.25, 0.3) is 5.91 Å². The Morgan fingerprint density at radius 1 is 0.903 bits per heavy atom. The second-order valence-electron chi connectivity index (χ2n) is 7.17. The van der Waals surface area contributed by atoms with Crippen LogP contribution in [0.5, 0.6) is 0 Å². The molecule has 0 atom stereocenters. The van der Waals surface area contributed by atoms with E-state index in [-0.39, 0.29) is 17.3 Å². The van der Waals surface area contributed by atoms with E-state index >= 15 is 0 Å². The van der Waals surface area contributed by atoms with Gasteiger partial charge in [0.15, 0.2) is 0 Å². The standard InChI is InChI=1S/C22H23N5O3S/c28-21(26-12-14-27(15-13-26)22-23-10-5-11-24-22)19-8-4-9-20(16-19)31(29,30)25-17-18-6-2-1-3-7-18/h1-11,16,25H,12-15,17H2. The normalized spacial score (nSPS) is 14.5. The molecular formula is C22H23N5O3S. The first-order valence-electron chi connectivity index (χ1n) is 9.98. The Balaban J connectivity index is 1.41. The van der Waals surface area contributed by atoms with Crippen LogP contribution in [-0.2, 0) is 16.6 Å². The molecule has 0 spiro atoms. The zero-order valence-corrected chi connectivity index (χ0v) is 17.7. The van der Waals surface area contributed by atoms with Crippen molar-refractivity contribution in [2.24, 2.45) is 0 Å². The number of amides is 1. The number of aromatic nitrogens is 2. The quantitative estimate of drug-likeness (QED) is 0.633. The van der Waals surface area contributed by atoms with Gasteiger partial charge in [-0.2, -0.15) is 0 Å². The van der Waals surface area contributed by atoms with Crippen LogP contribution in [0.4, 0.5) is 5.95 Å². The van der Waals surface area contributed by atoms with Gasteiger partial charge in [0, 0.05) is 50.7 Å². The van der Waals surface area contributed by atoms with Crippen molar-refractivity contribution in [1.29, 1.82) is 0 Å². The van der Waals surface area contributed by atoms with E-state index in [4.69, 9.17) is 0 Å². The molecule has 31 heavy (non-hydrogen) atoms. The predicted molar refractivity (Wildman–Crippen MR) is 117 cm³/mol. The van der Waals surface area contributed by atoms with E-state index in [2.05, 4.69) is 14.7 Å². The van der Waals surface area contributed by atoms with Crippen molar-refractivity contribution in [3.05, 3.63) is 84.2 Å². The third-order valence-corrected chi connectivity index (χ3v) is 6.50. The minimum absolute atomic E-state index is 0.0746. The molecule has 160 valence electrons. The topological polar surface area (TPSA) is 95.5 Å². The van der Waals surface area contributed by atoms with Gasteiger partial charge in [-0.3, -0.25) is 4.79 Å². The first kappa shape index (κ1) is 21.0. The Labute approximate surface area is 181 Å². The molecule has 4 rings (SSSR count). The van der Waals surface area contributed by atoms with Crippen molar-refractivity contribution in [3.63, 3.8) is 0 Å². The molecule has 1 fully saturated rings. The van der Waals surface area contributed by atoms with Gasteiger partial charge in [-0.1, -0.05) is 36.4 Å². The zero-order chi connectivity index (χ0) is 21.7. The fourth-order valence-electron chi connectivity index (χ4n) is 3.40. The predicted octanol–water partition coefficient (Wildman–Crippen LogP) is 1.92. The molecule has 2 heterocycles. The molecule has 1 aliphatic heterocycles. The summed E-state index contributed by atoms with van der Waals surface area (Å²) in [6.45, 7) is 2.45. The summed E-state index contributed by atoms with van der Waals surface area (Å²) in [4.78, 5) is 25.3. The fourth-order valence-corrected chi connectivity index (χ4v) is 4.46. The lowest BCUT2D eigenvalue weighted by Gasteiger charge is -2.34. The molecule has 8 nitrogen and oxygen atoms in total. The maximum Gasteiger partial charge on any atom is 0.254 e. The number of rotatable bonds is 6. The van der Waals surface area contributed by atoms with Crippen LogP contribution < -0.4 is 9.62 Å². The van der Waals surface area contributed by atoms with Crippen molar-refractivity contribution in [2.45, 2.75) is 11.4 Å². The molecular weight excluding hydrogens is 414 g/mol. The number of nitrogens with one attached hydrogen (secondary N) is 1. The largest absolute Gasteiger partial charge is 0.337 e. The van der Waals surface area contributed by atoms with E-state index in [1.54, 1.807) is 35.5 Å². The summed E-state index contributed by atoms with van der Waals surface area (Å²) in [5.74, 6) is 0.459. The van der Waals surface area contributed by atoms with Gasteiger partial charge in [-0.25, -0.2) is 23.1 Å². The van der Waals surface area contributed by atoms with Crippen LogP contribution in [0.25, 0.3) is 0 Å². The molecule has 3 aromatic rings. The van der Waals surface area contributed by atoms with E-state index < -0.39 is 10.0 Å². The third kappa shape index (κ3) is 5.07. The summed E-state index contributed by atoms with van der Waals surface area (Å²) in [5.41, 5.74) is 1.21. The van der Waals surface area contributed by atoms with Gasteiger partial charge >= 0.3 is 0 Å². The molecule has 0 saturated carbocycles. The smallest absolute Gasteiger partial charge is 0.254 e. The molecule has 0 radical (unpaired) electrons. The van der Waals surface area contributed by atoms with E-state index in [1.165, 1.54) is 12.1 Å². The highest BCUT2D eigenvalue weighted by Gasteiger charge is 2.24. The molecule has 1 N–H and O–H groups in total. The van der Waals surface area contributed by atoms with Crippen molar-refractivity contribution in [1.82, 2.24) is 19.6 Å². The average Bonchev–Trinajstić information content (AvgIpc) is 2.84. The van der Waals surface area contributed by atoms with Crippen LogP contribution in [0, 0.1) is 0 Å². The number of nitrogens with zero attached hydrogens (tertiary/aromatic N) is 4. The Morgan fingerprint density at radius 3 is 2.32 bits per heavy atom. The summed E-state index contributed by atoms with van der Waals surface area (Å²) in [5, 5.41) is 0. The Bertz CT molecular complexity index is 1130. The lowest BCUT2D eigenvalue weighted by molar-refractivity contribution is 0.0746. The van der Waals surface area contributed by atoms with Crippen molar-refractivity contribution >= 4 is 21.9 Å². The van der Waals surface area contributed by atoms with Gasteiger partial charge in [0.1, 0.15) is 0 Å². The minimum atomic E-state index is -3.74. The number of hydrogen-bond donors (Lipinski definition) is 1. The van der Waals surface area contributed by atoms with Crippen LogP contribution in [0.2, 0.25) is 0 Å². The molecule has 9 heteroatoms. The van der Waals surface area contributed by atoms with Crippen LogP contribution >= 0.6 is 0 Å². The zero-order valence-electron chi connectivity index (χ0n) is 16.9. The molecule has 1 amide bonds. The van der Waals surface area contributed by atoms with Crippen molar-refractivity contribution in [2.75, 3.05) is 31.1 Å². The number of hydrogen-bond acceptors (Lipinski definition) is 6. The lowest BCUT2D eigenvalue weighted by Crippen LogP contribution is -2.49. The van der Waals surface area contributed by atoms with Crippen molar-refractivity contribution in [3.8, 4) is 0 Å². The Morgan fingerprint density at radius 2 is 1.61 bits per heavy atom. The van der Waals surface area contributed by atoms with Crippen LogP contribution in [0.1, 0.15) is 15.9 Å².